The summed E-state index contributed by atoms with van der Waals surface area (Å²) in [5.74, 6) is 0.564. The second kappa shape index (κ2) is 6.38. The minimum Gasteiger partial charge on any atom is -0.303 e. The monoisotopic (exact) mass is 207 g/mol. The van der Waals surface area contributed by atoms with Crippen LogP contribution in [-0.4, -0.2) is 44.5 Å². The highest BCUT2D eigenvalue weighted by atomic mass is 32.2. The van der Waals surface area contributed by atoms with E-state index in [9.17, 15) is 8.42 Å². The zero-order chi connectivity index (χ0) is 10.3. The van der Waals surface area contributed by atoms with Crippen molar-refractivity contribution in [3.8, 4) is 0 Å². The summed E-state index contributed by atoms with van der Waals surface area (Å²) < 4.78 is 22.4. The third kappa shape index (κ3) is 6.05. The Hall–Kier alpha value is -0.0900. The molecule has 0 N–H and O–H groups in total. The summed E-state index contributed by atoms with van der Waals surface area (Å²) in [5, 5.41) is 0. The number of nitrogens with zero attached hydrogens (tertiary/aromatic N) is 1. The molecule has 0 radical (unpaired) electrons. The van der Waals surface area contributed by atoms with E-state index in [2.05, 4.69) is 18.7 Å². The van der Waals surface area contributed by atoms with Crippen LogP contribution in [0, 0.1) is 0 Å². The molecular weight excluding hydrogens is 186 g/mol. The fraction of sp³-hybridized carbons (Fsp3) is 1.00. The van der Waals surface area contributed by atoms with E-state index in [1.165, 1.54) is 0 Å². The van der Waals surface area contributed by atoms with Gasteiger partial charge in [0.1, 0.15) is 0 Å². The van der Waals surface area contributed by atoms with Gasteiger partial charge in [-0.05, 0) is 19.5 Å². The lowest BCUT2D eigenvalue weighted by atomic mass is 10.4. The number of hydrogen-bond acceptors (Lipinski definition) is 3. The molecule has 0 atom stereocenters. The van der Waals surface area contributed by atoms with Gasteiger partial charge in [0.05, 0.1) is 5.75 Å². The van der Waals surface area contributed by atoms with E-state index in [0.29, 0.717) is 12.3 Å². The molecule has 0 bridgehead atoms. The van der Waals surface area contributed by atoms with Crippen LogP contribution >= 0.6 is 0 Å². The van der Waals surface area contributed by atoms with Crippen molar-refractivity contribution in [2.24, 2.45) is 0 Å². The standard InChI is InChI=1S/C9H21NO2S/c1-4-7-10(5-2)8-9-13(11,12)6-3/h4-9H2,1-3H3. The van der Waals surface area contributed by atoms with Crippen LogP contribution in [0.5, 0.6) is 0 Å². The Morgan fingerprint density at radius 1 is 1.08 bits per heavy atom. The topological polar surface area (TPSA) is 37.4 Å². The molecule has 0 amide bonds. The lowest BCUT2D eigenvalue weighted by Gasteiger charge is -2.18. The van der Waals surface area contributed by atoms with Gasteiger partial charge in [0.2, 0.25) is 0 Å². The van der Waals surface area contributed by atoms with Crippen molar-refractivity contribution < 1.29 is 8.42 Å². The minimum absolute atomic E-state index is 0.261. The summed E-state index contributed by atoms with van der Waals surface area (Å²) in [6.45, 7) is 8.49. The molecule has 0 aromatic rings. The molecular formula is C9H21NO2S. The average Bonchev–Trinajstić information content (AvgIpc) is 2.12. The maximum absolute atomic E-state index is 11.2. The smallest absolute Gasteiger partial charge is 0.151 e. The van der Waals surface area contributed by atoms with Crippen molar-refractivity contribution in [1.82, 2.24) is 4.90 Å². The molecule has 3 nitrogen and oxygen atoms in total. The predicted octanol–water partition coefficient (Wildman–Crippen LogP) is 1.15. The maximum atomic E-state index is 11.2. The summed E-state index contributed by atoms with van der Waals surface area (Å²) in [6.07, 6.45) is 1.08. The Balaban J connectivity index is 3.84. The molecule has 0 unspecified atom stereocenters. The fourth-order valence-electron chi connectivity index (χ4n) is 1.16. The zero-order valence-electron chi connectivity index (χ0n) is 8.91. The first kappa shape index (κ1) is 12.9. The number of hydrogen-bond donors (Lipinski definition) is 0. The molecule has 0 heterocycles. The Morgan fingerprint density at radius 2 is 1.69 bits per heavy atom. The summed E-state index contributed by atoms with van der Waals surface area (Å²) in [4.78, 5) is 2.17. The van der Waals surface area contributed by atoms with E-state index < -0.39 is 9.84 Å². The molecule has 80 valence electrons. The van der Waals surface area contributed by atoms with Gasteiger partial charge in [0.15, 0.2) is 9.84 Å². The first-order valence-electron chi connectivity index (χ1n) is 4.98. The van der Waals surface area contributed by atoms with Gasteiger partial charge >= 0.3 is 0 Å². The molecule has 0 rings (SSSR count). The van der Waals surface area contributed by atoms with Crippen molar-refractivity contribution in [2.45, 2.75) is 27.2 Å². The Kier molecular flexibility index (Phi) is 6.33. The summed E-state index contributed by atoms with van der Waals surface area (Å²) >= 11 is 0. The van der Waals surface area contributed by atoms with E-state index >= 15 is 0 Å². The molecule has 0 spiro atoms. The average molecular weight is 207 g/mol. The predicted molar refractivity (Wildman–Crippen MR) is 56.7 cm³/mol. The first-order valence-corrected chi connectivity index (χ1v) is 6.80. The SMILES string of the molecule is CCCN(CC)CCS(=O)(=O)CC. The quantitative estimate of drug-likeness (QED) is 0.628. The third-order valence-electron chi connectivity index (χ3n) is 2.15. The van der Waals surface area contributed by atoms with Crippen LogP contribution < -0.4 is 0 Å². The third-order valence-corrected chi connectivity index (χ3v) is 3.83. The Morgan fingerprint density at radius 3 is 2.08 bits per heavy atom. The summed E-state index contributed by atoms with van der Waals surface area (Å²) in [6, 6.07) is 0. The van der Waals surface area contributed by atoms with Gasteiger partial charge in [-0.2, -0.15) is 0 Å². The molecule has 0 aliphatic heterocycles. The van der Waals surface area contributed by atoms with E-state index in [1.807, 2.05) is 0 Å². The van der Waals surface area contributed by atoms with E-state index in [0.717, 1.165) is 19.5 Å². The Labute approximate surface area is 82.0 Å². The second-order valence-electron chi connectivity index (χ2n) is 3.17. The molecule has 0 aliphatic carbocycles. The van der Waals surface area contributed by atoms with Crippen LogP contribution in [0.15, 0.2) is 0 Å². The lowest BCUT2D eigenvalue weighted by Crippen LogP contribution is -2.30. The normalized spacial score (nSPS) is 12.3. The molecule has 13 heavy (non-hydrogen) atoms. The van der Waals surface area contributed by atoms with Gasteiger partial charge < -0.3 is 4.90 Å². The van der Waals surface area contributed by atoms with Crippen molar-refractivity contribution >= 4 is 9.84 Å². The van der Waals surface area contributed by atoms with Crippen LogP contribution in [0.3, 0.4) is 0 Å². The van der Waals surface area contributed by atoms with E-state index in [-0.39, 0.29) is 5.75 Å². The van der Waals surface area contributed by atoms with Crippen molar-refractivity contribution in [2.75, 3.05) is 31.1 Å². The lowest BCUT2D eigenvalue weighted by molar-refractivity contribution is 0.305. The van der Waals surface area contributed by atoms with Crippen molar-refractivity contribution in [3.05, 3.63) is 0 Å². The van der Waals surface area contributed by atoms with Gasteiger partial charge in [-0.15, -0.1) is 0 Å². The number of rotatable bonds is 7. The maximum Gasteiger partial charge on any atom is 0.151 e. The minimum atomic E-state index is -2.78. The van der Waals surface area contributed by atoms with Gasteiger partial charge in [-0.1, -0.05) is 20.8 Å². The van der Waals surface area contributed by atoms with E-state index in [4.69, 9.17) is 0 Å². The van der Waals surface area contributed by atoms with Gasteiger partial charge in [-0.3, -0.25) is 0 Å². The van der Waals surface area contributed by atoms with Gasteiger partial charge in [0.25, 0.3) is 0 Å². The summed E-state index contributed by atoms with van der Waals surface area (Å²) in [7, 11) is -2.78. The van der Waals surface area contributed by atoms with Crippen molar-refractivity contribution in [1.29, 1.82) is 0 Å². The zero-order valence-corrected chi connectivity index (χ0v) is 9.73. The number of sulfone groups is 1. The Bertz CT molecular complexity index is 212. The molecule has 0 saturated carbocycles. The van der Waals surface area contributed by atoms with Crippen LogP contribution in [0.4, 0.5) is 0 Å². The molecule has 0 aliphatic rings. The van der Waals surface area contributed by atoms with Crippen LogP contribution in [0.2, 0.25) is 0 Å². The molecule has 0 fully saturated rings. The van der Waals surface area contributed by atoms with Crippen LogP contribution in [0.25, 0.3) is 0 Å². The van der Waals surface area contributed by atoms with Gasteiger partial charge in [0, 0.05) is 12.3 Å². The van der Waals surface area contributed by atoms with Crippen molar-refractivity contribution in [3.63, 3.8) is 0 Å². The van der Waals surface area contributed by atoms with Crippen LogP contribution in [0.1, 0.15) is 27.2 Å². The molecule has 0 saturated heterocycles. The van der Waals surface area contributed by atoms with E-state index in [1.54, 1.807) is 6.92 Å². The highest BCUT2D eigenvalue weighted by molar-refractivity contribution is 7.91. The highest BCUT2D eigenvalue weighted by Gasteiger charge is 2.09. The highest BCUT2D eigenvalue weighted by Crippen LogP contribution is 1.95. The first-order chi connectivity index (χ1) is 6.05. The van der Waals surface area contributed by atoms with Gasteiger partial charge in [-0.25, -0.2) is 8.42 Å². The molecule has 4 heteroatoms. The summed E-state index contributed by atoms with van der Waals surface area (Å²) in [5.41, 5.74) is 0. The molecule has 0 aromatic heterocycles. The van der Waals surface area contributed by atoms with Crippen LogP contribution in [-0.2, 0) is 9.84 Å². The fourth-order valence-corrected chi connectivity index (χ4v) is 1.98. The second-order valence-corrected chi connectivity index (χ2v) is 5.64. The molecule has 0 aromatic carbocycles. The largest absolute Gasteiger partial charge is 0.303 e.